The van der Waals surface area contributed by atoms with Gasteiger partial charge in [0.2, 0.25) is 5.91 Å². The van der Waals surface area contributed by atoms with Crippen LogP contribution in [0.1, 0.15) is 54.7 Å². The van der Waals surface area contributed by atoms with Crippen molar-refractivity contribution < 1.29 is 9.18 Å². The fourth-order valence-electron chi connectivity index (χ4n) is 2.97. The Hall–Kier alpha value is -1.68. The molecule has 2 nitrogen and oxygen atoms in total. The van der Waals surface area contributed by atoms with E-state index in [1.165, 1.54) is 24.5 Å². The summed E-state index contributed by atoms with van der Waals surface area (Å²) in [5, 5.41) is 2.90. The lowest BCUT2D eigenvalue weighted by atomic mass is 9.95. The van der Waals surface area contributed by atoms with E-state index in [2.05, 4.69) is 21.2 Å². The van der Waals surface area contributed by atoms with Gasteiger partial charge in [-0.3, -0.25) is 4.79 Å². The van der Waals surface area contributed by atoms with Gasteiger partial charge in [0.05, 0.1) is 5.92 Å². The maximum absolute atomic E-state index is 14.0. The van der Waals surface area contributed by atoms with Crippen molar-refractivity contribution in [3.05, 3.63) is 69.4 Å². The second kappa shape index (κ2) is 7.47. The van der Waals surface area contributed by atoms with Gasteiger partial charge in [-0.25, -0.2) is 4.39 Å². The Morgan fingerprint density at radius 1 is 1.25 bits per heavy atom. The molecular formula is C20H21BrFNO. The predicted molar refractivity (Wildman–Crippen MR) is 97.4 cm³/mol. The van der Waals surface area contributed by atoms with Gasteiger partial charge in [0.15, 0.2) is 0 Å². The fourth-order valence-corrected chi connectivity index (χ4v) is 3.24. The lowest BCUT2D eigenvalue weighted by Crippen LogP contribution is -2.29. The Bertz CT molecular complexity index is 725. The van der Waals surface area contributed by atoms with Crippen molar-refractivity contribution in [3.63, 3.8) is 0 Å². The molecule has 1 aliphatic carbocycles. The van der Waals surface area contributed by atoms with Gasteiger partial charge < -0.3 is 5.32 Å². The SMILES string of the molecule is CC[C@H](C(=O)NCc1cc(C2CC2)ccc1F)c1ccc(Br)cc1. The first-order chi connectivity index (χ1) is 11.6. The van der Waals surface area contributed by atoms with Crippen LogP contribution in [0.2, 0.25) is 0 Å². The van der Waals surface area contributed by atoms with E-state index < -0.39 is 0 Å². The van der Waals surface area contributed by atoms with Gasteiger partial charge in [-0.2, -0.15) is 0 Å². The summed E-state index contributed by atoms with van der Waals surface area (Å²) in [6.45, 7) is 2.22. The average Bonchev–Trinajstić information content (AvgIpc) is 3.41. The molecule has 126 valence electrons. The number of halogens is 2. The molecule has 0 heterocycles. The van der Waals surface area contributed by atoms with Gasteiger partial charge in [-0.05, 0) is 54.5 Å². The molecule has 1 fully saturated rings. The molecule has 0 spiro atoms. The molecule has 0 saturated heterocycles. The summed E-state index contributed by atoms with van der Waals surface area (Å²) < 4.78 is 15.0. The zero-order chi connectivity index (χ0) is 17.1. The highest BCUT2D eigenvalue weighted by molar-refractivity contribution is 9.10. The lowest BCUT2D eigenvalue weighted by molar-refractivity contribution is -0.122. The molecule has 2 aromatic carbocycles. The molecule has 0 aliphatic heterocycles. The van der Waals surface area contributed by atoms with Crippen molar-refractivity contribution in [2.45, 2.75) is 44.6 Å². The predicted octanol–water partition coefficient (Wildman–Crippen LogP) is 5.28. The molecule has 0 radical (unpaired) electrons. The minimum absolute atomic E-state index is 0.0592. The minimum Gasteiger partial charge on any atom is -0.351 e. The highest BCUT2D eigenvalue weighted by atomic mass is 79.9. The molecule has 0 bridgehead atoms. The van der Waals surface area contributed by atoms with Crippen LogP contribution in [0.4, 0.5) is 4.39 Å². The molecule has 1 atom stereocenters. The van der Waals surface area contributed by atoms with E-state index in [0.717, 1.165) is 10.0 Å². The zero-order valence-corrected chi connectivity index (χ0v) is 15.3. The highest BCUT2D eigenvalue weighted by Gasteiger charge is 2.24. The van der Waals surface area contributed by atoms with Crippen LogP contribution < -0.4 is 5.32 Å². The minimum atomic E-state index is -0.253. The Morgan fingerprint density at radius 3 is 2.58 bits per heavy atom. The monoisotopic (exact) mass is 389 g/mol. The number of amides is 1. The number of nitrogens with one attached hydrogen (secondary N) is 1. The van der Waals surface area contributed by atoms with Gasteiger partial charge in [0.25, 0.3) is 0 Å². The highest BCUT2D eigenvalue weighted by Crippen LogP contribution is 2.40. The third kappa shape index (κ3) is 4.04. The van der Waals surface area contributed by atoms with E-state index in [1.54, 1.807) is 0 Å². The third-order valence-electron chi connectivity index (χ3n) is 4.57. The molecule has 24 heavy (non-hydrogen) atoms. The summed E-state index contributed by atoms with van der Waals surface area (Å²) in [4.78, 5) is 12.5. The Kier molecular flexibility index (Phi) is 5.34. The second-order valence-electron chi connectivity index (χ2n) is 6.36. The Balaban J connectivity index is 1.67. The fraction of sp³-hybridized carbons (Fsp3) is 0.350. The largest absolute Gasteiger partial charge is 0.351 e. The second-order valence-corrected chi connectivity index (χ2v) is 7.27. The van der Waals surface area contributed by atoms with E-state index in [4.69, 9.17) is 0 Å². The van der Waals surface area contributed by atoms with E-state index in [-0.39, 0.29) is 24.2 Å². The Labute approximate surface area is 150 Å². The van der Waals surface area contributed by atoms with Gasteiger partial charge >= 0.3 is 0 Å². The maximum atomic E-state index is 14.0. The molecule has 1 saturated carbocycles. The first-order valence-corrected chi connectivity index (χ1v) is 9.19. The van der Waals surface area contributed by atoms with Crippen LogP contribution in [0, 0.1) is 5.82 Å². The van der Waals surface area contributed by atoms with Gasteiger partial charge in [0.1, 0.15) is 5.82 Å². The molecule has 2 aromatic rings. The summed E-state index contributed by atoms with van der Waals surface area (Å²) in [6, 6.07) is 13.0. The molecule has 0 unspecified atom stereocenters. The van der Waals surface area contributed by atoms with Crippen LogP contribution in [0.5, 0.6) is 0 Å². The van der Waals surface area contributed by atoms with Gasteiger partial charge in [-0.15, -0.1) is 0 Å². The van der Waals surface area contributed by atoms with Crippen molar-refractivity contribution in [2.75, 3.05) is 0 Å². The summed E-state index contributed by atoms with van der Waals surface area (Å²) in [5.74, 6) is 0.0476. The summed E-state index contributed by atoms with van der Waals surface area (Å²) in [6.07, 6.45) is 3.07. The van der Waals surface area contributed by atoms with Crippen molar-refractivity contribution in [1.82, 2.24) is 5.32 Å². The molecule has 1 N–H and O–H groups in total. The van der Waals surface area contributed by atoms with Crippen LogP contribution in [0.25, 0.3) is 0 Å². The van der Waals surface area contributed by atoms with E-state index in [1.807, 2.05) is 43.3 Å². The maximum Gasteiger partial charge on any atom is 0.227 e. The topological polar surface area (TPSA) is 29.1 Å². The summed E-state index contributed by atoms with van der Waals surface area (Å²) in [5.41, 5.74) is 2.73. The number of rotatable bonds is 6. The average molecular weight is 390 g/mol. The molecular weight excluding hydrogens is 369 g/mol. The van der Waals surface area contributed by atoms with E-state index in [9.17, 15) is 9.18 Å². The molecule has 4 heteroatoms. The van der Waals surface area contributed by atoms with Gasteiger partial charge in [0, 0.05) is 16.6 Å². The first kappa shape index (κ1) is 17.2. The summed E-state index contributed by atoms with van der Waals surface area (Å²) >= 11 is 3.40. The van der Waals surface area contributed by atoms with Crippen LogP contribution in [0.15, 0.2) is 46.9 Å². The molecule has 3 rings (SSSR count). The number of carbonyl (C=O) groups excluding carboxylic acids is 1. The van der Waals surface area contributed by atoms with Crippen LogP contribution >= 0.6 is 15.9 Å². The van der Waals surface area contributed by atoms with Crippen LogP contribution in [0.3, 0.4) is 0 Å². The van der Waals surface area contributed by atoms with E-state index in [0.29, 0.717) is 17.9 Å². The normalized spacial score (nSPS) is 15.1. The van der Waals surface area contributed by atoms with Crippen molar-refractivity contribution in [2.24, 2.45) is 0 Å². The van der Waals surface area contributed by atoms with Crippen molar-refractivity contribution in [3.8, 4) is 0 Å². The third-order valence-corrected chi connectivity index (χ3v) is 5.10. The molecule has 1 amide bonds. The Morgan fingerprint density at radius 2 is 1.96 bits per heavy atom. The summed E-state index contributed by atoms with van der Waals surface area (Å²) in [7, 11) is 0. The first-order valence-electron chi connectivity index (χ1n) is 8.40. The molecule has 0 aromatic heterocycles. The number of carbonyl (C=O) groups is 1. The lowest BCUT2D eigenvalue weighted by Gasteiger charge is -2.16. The standard InChI is InChI=1S/C20H21BrFNO/c1-2-18(14-5-8-17(21)9-6-14)20(24)23-12-16-11-15(13-3-4-13)7-10-19(16)22/h5-11,13,18H,2-4,12H2,1H3,(H,23,24)/t18-/m0/s1. The molecule has 1 aliphatic rings. The van der Waals surface area contributed by atoms with Crippen LogP contribution in [-0.2, 0) is 11.3 Å². The van der Waals surface area contributed by atoms with Gasteiger partial charge in [-0.1, -0.05) is 47.1 Å². The van der Waals surface area contributed by atoms with Crippen molar-refractivity contribution >= 4 is 21.8 Å². The number of benzene rings is 2. The van der Waals surface area contributed by atoms with Crippen molar-refractivity contribution in [1.29, 1.82) is 0 Å². The van der Waals surface area contributed by atoms with E-state index >= 15 is 0 Å². The quantitative estimate of drug-likeness (QED) is 0.715. The number of hydrogen-bond acceptors (Lipinski definition) is 1. The number of hydrogen-bond donors (Lipinski definition) is 1. The zero-order valence-electron chi connectivity index (χ0n) is 13.7. The smallest absolute Gasteiger partial charge is 0.227 e. The van der Waals surface area contributed by atoms with Crippen LogP contribution in [-0.4, -0.2) is 5.91 Å².